The van der Waals surface area contributed by atoms with E-state index in [2.05, 4.69) is 5.32 Å². The van der Waals surface area contributed by atoms with Crippen molar-refractivity contribution < 1.29 is 14.7 Å². The first kappa shape index (κ1) is 16.7. The van der Waals surface area contributed by atoms with Gasteiger partial charge in [-0.15, -0.1) is 0 Å². The lowest BCUT2D eigenvalue weighted by molar-refractivity contribution is -0.143. The zero-order chi connectivity index (χ0) is 16.2. The van der Waals surface area contributed by atoms with E-state index in [0.29, 0.717) is 0 Å². The van der Waals surface area contributed by atoms with Crippen molar-refractivity contribution in [3.05, 3.63) is 0 Å². The van der Waals surface area contributed by atoms with Crippen LogP contribution >= 0.6 is 0 Å². The Morgan fingerprint density at radius 1 is 0.826 bits per heavy atom. The molecule has 0 aromatic carbocycles. The molecule has 4 unspecified atom stereocenters. The number of nitrogens with one attached hydrogen (secondary N) is 1. The highest BCUT2D eigenvalue weighted by Gasteiger charge is 2.39. The van der Waals surface area contributed by atoms with E-state index in [-0.39, 0.29) is 29.7 Å². The van der Waals surface area contributed by atoms with Crippen LogP contribution in [0.2, 0.25) is 0 Å². The van der Waals surface area contributed by atoms with Gasteiger partial charge < -0.3 is 15.3 Å². The van der Waals surface area contributed by atoms with E-state index in [1.54, 1.807) is 0 Å². The lowest BCUT2D eigenvalue weighted by Gasteiger charge is -2.35. The number of likely N-dealkylation sites (tertiary alicyclic amines) is 1. The fourth-order valence-electron chi connectivity index (χ4n) is 4.48. The molecule has 4 atom stereocenters. The van der Waals surface area contributed by atoms with Crippen molar-refractivity contribution in [1.29, 1.82) is 0 Å². The van der Waals surface area contributed by atoms with Crippen LogP contribution < -0.4 is 5.32 Å². The highest BCUT2D eigenvalue weighted by molar-refractivity contribution is 5.88. The molecule has 2 N–H and O–H groups in total. The first-order valence-corrected chi connectivity index (χ1v) is 9.44. The van der Waals surface area contributed by atoms with Crippen LogP contribution in [0, 0.1) is 11.8 Å². The fraction of sp³-hybridized carbons (Fsp3) is 0.889. The topological polar surface area (TPSA) is 69.6 Å². The summed E-state index contributed by atoms with van der Waals surface area (Å²) >= 11 is 0. The molecule has 0 aromatic heterocycles. The van der Waals surface area contributed by atoms with Gasteiger partial charge in [0, 0.05) is 24.9 Å². The Morgan fingerprint density at radius 2 is 1.43 bits per heavy atom. The average molecular weight is 322 g/mol. The van der Waals surface area contributed by atoms with Gasteiger partial charge in [-0.3, -0.25) is 9.59 Å². The van der Waals surface area contributed by atoms with Crippen LogP contribution in [0.3, 0.4) is 0 Å². The molecule has 0 spiro atoms. The smallest absolute Gasteiger partial charge is 0.226 e. The van der Waals surface area contributed by atoms with Gasteiger partial charge in [0.1, 0.15) is 0 Å². The second kappa shape index (κ2) is 7.65. The molecule has 3 rings (SSSR count). The van der Waals surface area contributed by atoms with Gasteiger partial charge in [0.2, 0.25) is 11.8 Å². The minimum absolute atomic E-state index is 0.00630. The summed E-state index contributed by atoms with van der Waals surface area (Å²) in [6.45, 7) is 1.70. The Bertz CT molecular complexity index is 434. The third kappa shape index (κ3) is 3.87. The van der Waals surface area contributed by atoms with E-state index in [0.717, 1.165) is 77.3 Å². The van der Waals surface area contributed by atoms with Crippen LogP contribution in [0.5, 0.6) is 0 Å². The number of aliphatic hydroxyl groups excluding tert-OH is 1. The first-order valence-electron chi connectivity index (χ1n) is 9.44. The maximum atomic E-state index is 12.8. The number of carbonyl (C=O) groups is 2. The van der Waals surface area contributed by atoms with Crippen LogP contribution in [0.1, 0.15) is 64.2 Å². The van der Waals surface area contributed by atoms with Gasteiger partial charge in [0.15, 0.2) is 0 Å². The molecule has 2 amide bonds. The third-order valence-electron chi connectivity index (χ3n) is 5.89. The molecule has 5 nitrogen and oxygen atoms in total. The summed E-state index contributed by atoms with van der Waals surface area (Å²) in [6.07, 6.45) is 9.16. The minimum atomic E-state index is -0.427. The number of rotatable bonds is 3. The van der Waals surface area contributed by atoms with Gasteiger partial charge in [-0.25, -0.2) is 0 Å². The van der Waals surface area contributed by atoms with E-state index in [9.17, 15) is 14.7 Å². The Balaban J connectivity index is 1.62. The van der Waals surface area contributed by atoms with Gasteiger partial charge in [-0.05, 0) is 38.5 Å². The summed E-state index contributed by atoms with van der Waals surface area (Å²) in [5, 5.41) is 13.1. The van der Waals surface area contributed by atoms with E-state index in [4.69, 9.17) is 0 Å². The zero-order valence-electron chi connectivity index (χ0n) is 14.0. The van der Waals surface area contributed by atoms with Crippen molar-refractivity contribution >= 4 is 11.8 Å². The van der Waals surface area contributed by atoms with Crippen molar-refractivity contribution in [1.82, 2.24) is 10.2 Å². The molecule has 3 fully saturated rings. The normalized spacial score (nSPS) is 35.1. The fourth-order valence-corrected chi connectivity index (χ4v) is 4.48. The maximum Gasteiger partial charge on any atom is 0.226 e. The summed E-state index contributed by atoms with van der Waals surface area (Å²) in [4.78, 5) is 27.5. The van der Waals surface area contributed by atoms with Crippen molar-refractivity contribution in [2.24, 2.45) is 11.8 Å². The van der Waals surface area contributed by atoms with Crippen molar-refractivity contribution in [2.45, 2.75) is 76.4 Å². The highest BCUT2D eigenvalue weighted by Crippen LogP contribution is 2.33. The Hall–Kier alpha value is -1.10. The average Bonchev–Trinajstić information content (AvgIpc) is 3.11. The molecule has 1 aliphatic heterocycles. The van der Waals surface area contributed by atoms with Gasteiger partial charge in [-0.1, -0.05) is 25.7 Å². The van der Waals surface area contributed by atoms with Gasteiger partial charge in [0.05, 0.1) is 12.1 Å². The quantitative estimate of drug-likeness (QED) is 0.833. The summed E-state index contributed by atoms with van der Waals surface area (Å²) in [7, 11) is 0. The minimum Gasteiger partial charge on any atom is -0.391 e. The Labute approximate surface area is 138 Å². The van der Waals surface area contributed by atoms with E-state index < -0.39 is 6.10 Å². The van der Waals surface area contributed by atoms with Gasteiger partial charge in [0.25, 0.3) is 0 Å². The Kier molecular flexibility index (Phi) is 5.57. The molecule has 1 saturated heterocycles. The lowest BCUT2D eigenvalue weighted by atomic mass is 9.77. The summed E-state index contributed by atoms with van der Waals surface area (Å²) in [5.41, 5.74) is 0. The molecule has 0 aromatic rings. The van der Waals surface area contributed by atoms with E-state index in [1.807, 2.05) is 4.90 Å². The number of hydrogen-bond acceptors (Lipinski definition) is 3. The molecule has 0 bridgehead atoms. The number of carbonyl (C=O) groups excluding carboxylic acids is 2. The maximum absolute atomic E-state index is 12.8. The van der Waals surface area contributed by atoms with Crippen LogP contribution in [0.15, 0.2) is 0 Å². The molecule has 130 valence electrons. The van der Waals surface area contributed by atoms with Crippen molar-refractivity contribution in [3.8, 4) is 0 Å². The molecule has 1 heterocycles. The van der Waals surface area contributed by atoms with Crippen LogP contribution in [0.25, 0.3) is 0 Å². The molecule has 23 heavy (non-hydrogen) atoms. The lowest BCUT2D eigenvalue weighted by Crippen LogP contribution is -2.50. The molecule has 2 aliphatic carbocycles. The molecular weight excluding hydrogens is 292 g/mol. The second-order valence-electron chi connectivity index (χ2n) is 7.50. The molecule has 5 heteroatoms. The largest absolute Gasteiger partial charge is 0.391 e. The Morgan fingerprint density at radius 3 is 2.13 bits per heavy atom. The zero-order valence-corrected chi connectivity index (χ0v) is 14.0. The van der Waals surface area contributed by atoms with Crippen LogP contribution in [-0.2, 0) is 9.59 Å². The molecular formula is C18H30N2O3. The predicted octanol–water partition coefficient (Wildman–Crippen LogP) is 1.83. The second-order valence-corrected chi connectivity index (χ2v) is 7.50. The molecule has 2 saturated carbocycles. The molecule has 0 radical (unpaired) electrons. The van der Waals surface area contributed by atoms with Gasteiger partial charge >= 0.3 is 0 Å². The summed E-state index contributed by atoms with van der Waals surface area (Å²) in [6, 6.07) is -0.124. The number of hydrogen-bond donors (Lipinski definition) is 2. The number of aliphatic hydroxyl groups is 1. The third-order valence-corrected chi connectivity index (χ3v) is 5.89. The number of nitrogens with zero attached hydrogens (tertiary/aromatic N) is 1. The van der Waals surface area contributed by atoms with Gasteiger partial charge in [-0.2, -0.15) is 0 Å². The summed E-state index contributed by atoms with van der Waals surface area (Å²) in [5.74, 6) is -0.173. The number of amides is 2. The first-order chi connectivity index (χ1) is 11.2. The van der Waals surface area contributed by atoms with Crippen LogP contribution in [-0.4, -0.2) is 47.1 Å². The highest BCUT2D eigenvalue weighted by atomic mass is 16.3. The van der Waals surface area contributed by atoms with Crippen molar-refractivity contribution in [3.63, 3.8) is 0 Å². The SMILES string of the molecule is O=C(NC1CCCCC1O)C1CCCCC1C(=O)N1CCCC1. The summed E-state index contributed by atoms with van der Waals surface area (Å²) < 4.78 is 0. The van der Waals surface area contributed by atoms with E-state index >= 15 is 0 Å². The molecule has 3 aliphatic rings. The van der Waals surface area contributed by atoms with Crippen molar-refractivity contribution in [2.75, 3.05) is 13.1 Å². The van der Waals surface area contributed by atoms with Crippen LogP contribution in [0.4, 0.5) is 0 Å². The predicted molar refractivity (Wildman–Crippen MR) is 87.7 cm³/mol. The standard InChI is InChI=1S/C18H30N2O3/c21-16-10-4-3-9-15(16)19-17(22)13-7-1-2-8-14(13)18(23)20-11-5-6-12-20/h13-16,21H,1-12H2,(H,19,22). The monoisotopic (exact) mass is 322 g/mol. The van der Waals surface area contributed by atoms with E-state index in [1.165, 1.54) is 0 Å².